The number of hydrogen-bond acceptors (Lipinski definition) is 3. The second kappa shape index (κ2) is 5.98. The Balaban J connectivity index is 1.48. The normalized spacial score (nSPS) is 35.1. The summed E-state index contributed by atoms with van der Waals surface area (Å²) in [5.41, 5.74) is 2.73. The molecule has 4 aliphatic rings. The lowest BCUT2D eigenvalue weighted by Gasteiger charge is -2.51. The average Bonchev–Trinajstić information content (AvgIpc) is 3.06. The van der Waals surface area contributed by atoms with Crippen LogP contribution in [0.15, 0.2) is 54.7 Å². The van der Waals surface area contributed by atoms with Gasteiger partial charge in [-0.1, -0.05) is 36.4 Å². The summed E-state index contributed by atoms with van der Waals surface area (Å²) in [7, 11) is 0. The molecule has 3 atom stereocenters. The van der Waals surface area contributed by atoms with Gasteiger partial charge >= 0.3 is 0 Å². The Hall–Kier alpha value is -1.71. The third kappa shape index (κ3) is 2.38. The largest absolute Gasteiger partial charge is 0.298 e. The summed E-state index contributed by atoms with van der Waals surface area (Å²) in [6, 6.07) is 18.9. The van der Waals surface area contributed by atoms with Gasteiger partial charge in [-0.25, -0.2) is 0 Å². The summed E-state index contributed by atoms with van der Waals surface area (Å²) < 4.78 is 0. The zero-order valence-corrected chi connectivity index (χ0v) is 14.1. The van der Waals surface area contributed by atoms with E-state index in [0.717, 1.165) is 12.5 Å². The number of nitrogens with zero attached hydrogens (tertiary/aromatic N) is 3. The van der Waals surface area contributed by atoms with Crippen LogP contribution in [0.25, 0.3) is 0 Å². The first-order valence-corrected chi connectivity index (χ1v) is 9.33. The van der Waals surface area contributed by atoms with Crippen molar-refractivity contribution in [3.05, 3.63) is 66.0 Å². The number of rotatable bonds is 3. The summed E-state index contributed by atoms with van der Waals surface area (Å²) in [5.74, 6) is 1.51. The standard InChI is InChI=1S/C21H25N3/c1-2-6-16(7-3-1)19-15-24(14-18-8-4-5-11-22-18)20-17-9-12-23(13-10-17)21(19)20/h1-8,11,17,19-21H,9-10,12-15H2/t19-,20+,21+/m1/s1. The Morgan fingerprint density at radius 2 is 1.71 bits per heavy atom. The van der Waals surface area contributed by atoms with Crippen LogP contribution in [0, 0.1) is 5.92 Å². The highest BCUT2D eigenvalue weighted by atomic mass is 15.3. The number of piperidine rings is 3. The van der Waals surface area contributed by atoms with Gasteiger partial charge in [0.2, 0.25) is 0 Å². The van der Waals surface area contributed by atoms with Crippen LogP contribution in [0.3, 0.4) is 0 Å². The number of hydrogen-bond donors (Lipinski definition) is 0. The first-order valence-electron chi connectivity index (χ1n) is 9.33. The summed E-state index contributed by atoms with van der Waals surface area (Å²) in [5, 5.41) is 0. The molecule has 124 valence electrons. The monoisotopic (exact) mass is 319 g/mol. The summed E-state index contributed by atoms with van der Waals surface area (Å²) in [4.78, 5) is 10.1. The van der Waals surface area contributed by atoms with E-state index in [1.54, 1.807) is 0 Å². The highest BCUT2D eigenvalue weighted by Crippen LogP contribution is 2.46. The molecule has 3 nitrogen and oxygen atoms in total. The second-order valence-electron chi connectivity index (χ2n) is 7.62. The molecular weight excluding hydrogens is 294 g/mol. The molecule has 24 heavy (non-hydrogen) atoms. The number of fused-ring (bicyclic) bond motifs is 2. The number of benzene rings is 1. The molecular formula is C21H25N3. The Morgan fingerprint density at radius 3 is 2.46 bits per heavy atom. The fourth-order valence-electron chi connectivity index (χ4n) is 5.42. The van der Waals surface area contributed by atoms with E-state index < -0.39 is 0 Å². The third-order valence-electron chi connectivity index (χ3n) is 6.41. The van der Waals surface area contributed by atoms with Gasteiger partial charge in [0, 0.05) is 37.3 Å². The average molecular weight is 319 g/mol. The molecule has 4 fully saturated rings. The van der Waals surface area contributed by atoms with Crippen LogP contribution in [0.5, 0.6) is 0 Å². The van der Waals surface area contributed by atoms with Gasteiger partial charge in [-0.2, -0.15) is 0 Å². The summed E-state index contributed by atoms with van der Waals surface area (Å²) in [6.45, 7) is 4.76. The molecule has 0 saturated carbocycles. The summed E-state index contributed by atoms with van der Waals surface area (Å²) in [6.07, 6.45) is 4.68. The van der Waals surface area contributed by atoms with Crippen molar-refractivity contribution in [1.29, 1.82) is 0 Å². The van der Waals surface area contributed by atoms with Crippen molar-refractivity contribution in [2.24, 2.45) is 5.92 Å². The smallest absolute Gasteiger partial charge is 0.0544 e. The molecule has 0 aliphatic carbocycles. The van der Waals surface area contributed by atoms with E-state index >= 15 is 0 Å². The molecule has 3 heteroatoms. The van der Waals surface area contributed by atoms with Gasteiger partial charge in [-0.15, -0.1) is 0 Å². The van der Waals surface area contributed by atoms with Crippen LogP contribution in [-0.4, -0.2) is 46.5 Å². The first kappa shape index (κ1) is 14.6. The predicted octanol–water partition coefficient (Wildman–Crippen LogP) is 3.14. The van der Waals surface area contributed by atoms with Gasteiger partial charge in [-0.3, -0.25) is 14.8 Å². The highest BCUT2D eigenvalue weighted by Gasteiger charge is 2.53. The molecule has 0 unspecified atom stereocenters. The molecule has 4 aliphatic heterocycles. The maximum Gasteiger partial charge on any atom is 0.0544 e. The van der Waals surface area contributed by atoms with Crippen molar-refractivity contribution in [1.82, 2.24) is 14.8 Å². The number of aromatic nitrogens is 1. The molecule has 0 amide bonds. The molecule has 1 aromatic heterocycles. The van der Waals surface area contributed by atoms with E-state index in [9.17, 15) is 0 Å². The Kier molecular flexibility index (Phi) is 3.64. The lowest BCUT2D eigenvalue weighted by Crippen LogP contribution is -2.60. The van der Waals surface area contributed by atoms with Crippen molar-refractivity contribution in [3.63, 3.8) is 0 Å². The van der Waals surface area contributed by atoms with Crippen LogP contribution >= 0.6 is 0 Å². The van der Waals surface area contributed by atoms with Gasteiger partial charge in [-0.05, 0) is 49.5 Å². The van der Waals surface area contributed by atoms with E-state index in [4.69, 9.17) is 0 Å². The van der Waals surface area contributed by atoms with Crippen molar-refractivity contribution >= 4 is 0 Å². The fraction of sp³-hybridized carbons (Fsp3) is 0.476. The lowest BCUT2D eigenvalue weighted by molar-refractivity contribution is -0.00897. The van der Waals surface area contributed by atoms with E-state index in [1.165, 1.54) is 43.7 Å². The first-order chi connectivity index (χ1) is 11.9. The molecule has 6 rings (SSSR count). The van der Waals surface area contributed by atoms with Gasteiger partial charge in [0.1, 0.15) is 0 Å². The van der Waals surface area contributed by atoms with Gasteiger partial charge in [0.25, 0.3) is 0 Å². The molecule has 4 saturated heterocycles. The van der Waals surface area contributed by atoms with Gasteiger partial charge in [0.15, 0.2) is 0 Å². The van der Waals surface area contributed by atoms with Crippen LogP contribution in [0.2, 0.25) is 0 Å². The fourth-order valence-corrected chi connectivity index (χ4v) is 5.42. The minimum atomic E-state index is 0.642. The molecule has 1 aromatic carbocycles. The Morgan fingerprint density at radius 1 is 0.917 bits per heavy atom. The van der Waals surface area contributed by atoms with Gasteiger partial charge < -0.3 is 0 Å². The molecule has 2 bridgehead atoms. The zero-order valence-electron chi connectivity index (χ0n) is 14.1. The van der Waals surface area contributed by atoms with E-state index in [-0.39, 0.29) is 0 Å². The van der Waals surface area contributed by atoms with Crippen LogP contribution in [-0.2, 0) is 6.54 Å². The number of pyridine rings is 1. The molecule has 0 spiro atoms. The lowest BCUT2D eigenvalue weighted by atomic mass is 9.75. The molecule has 0 N–H and O–H groups in total. The Bertz CT molecular complexity index is 679. The minimum Gasteiger partial charge on any atom is -0.298 e. The molecule has 2 aromatic rings. The van der Waals surface area contributed by atoms with Crippen LogP contribution in [0.1, 0.15) is 30.0 Å². The Labute approximate surface area is 144 Å². The SMILES string of the molecule is c1ccc([C@H]2CN(Cc3ccccn3)[C@H]3C4CCN(CC4)[C@@H]23)cc1. The second-order valence-corrected chi connectivity index (χ2v) is 7.62. The topological polar surface area (TPSA) is 19.4 Å². The number of likely N-dealkylation sites (tertiary alicyclic amines) is 1. The zero-order chi connectivity index (χ0) is 15.9. The van der Waals surface area contributed by atoms with Crippen molar-refractivity contribution in [2.75, 3.05) is 19.6 Å². The maximum absolute atomic E-state index is 4.58. The van der Waals surface area contributed by atoms with Crippen molar-refractivity contribution in [2.45, 2.75) is 37.4 Å². The van der Waals surface area contributed by atoms with E-state index in [1.807, 2.05) is 12.3 Å². The summed E-state index contributed by atoms with van der Waals surface area (Å²) >= 11 is 0. The quantitative estimate of drug-likeness (QED) is 0.866. The van der Waals surface area contributed by atoms with E-state index in [2.05, 4.69) is 57.2 Å². The maximum atomic E-state index is 4.58. The highest BCUT2D eigenvalue weighted by molar-refractivity contribution is 5.27. The third-order valence-corrected chi connectivity index (χ3v) is 6.41. The minimum absolute atomic E-state index is 0.642. The molecule has 5 heterocycles. The van der Waals surface area contributed by atoms with Gasteiger partial charge in [0.05, 0.1) is 5.69 Å². The van der Waals surface area contributed by atoms with Crippen molar-refractivity contribution in [3.8, 4) is 0 Å². The van der Waals surface area contributed by atoms with E-state index in [0.29, 0.717) is 18.0 Å². The van der Waals surface area contributed by atoms with Crippen molar-refractivity contribution < 1.29 is 0 Å². The van der Waals surface area contributed by atoms with Crippen LogP contribution in [0.4, 0.5) is 0 Å². The molecule has 0 radical (unpaired) electrons. The van der Waals surface area contributed by atoms with Crippen LogP contribution < -0.4 is 0 Å². The predicted molar refractivity (Wildman–Crippen MR) is 95.7 cm³/mol.